The lowest BCUT2D eigenvalue weighted by molar-refractivity contribution is -0.130. The molecule has 2 fully saturated rings. The van der Waals surface area contributed by atoms with Crippen LogP contribution < -0.4 is 0 Å². The lowest BCUT2D eigenvalue weighted by Gasteiger charge is -2.57. The molecule has 7 unspecified atom stereocenters. The van der Waals surface area contributed by atoms with E-state index in [4.69, 9.17) is 16.3 Å². The third-order valence-electron chi connectivity index (χ3n) is 10.8. The van der Waals surface area contributed by atoms with Gasteiger partial charge in [-0.15, -0.1) is 0 Å². The van der Waals surface area contributed by atoms with Crippen LogP contribution >= 0.6 is 11.6 Å². The van der Waals surface area contributed by atoms with E-state index in [-0.39, 0.29) is 33.9 Å². The molecule has 1 aromatic rings. The van der Waals surface area contributed by atoms with Gasteiger partial charge in [0.05, 0.1) is 0 Å². The zero-order valence-electron chi connectivity index (χ0n) is 24.9. The topological polar surface area (TPSA) is 43.4 Å². The Labute approximate surface area is 236 Å². The number of carbonyl (C=O) groups excluding carboxylic acids is 2. The average Bonchev–Trinajstić information content (AvgIpc) is 2.88. The van der Waals surface area contributed by atoms with E-state index >= 15 is 0 Å². The first-order chi connectivity index (χ1) is 17.9. The molecule has 4 heteroatoms. The van der Waals surface area contributed by atoms with Crippen molar-refractivity contribution >= 4 is 23.2 Å². The van der Waals surface area contributed by atoms with Gasteiger partial charge in [0, 0.05) is 16.5 Å². The van der Waals surface area contributed by atoms with Crippen LogP contribution in [0.4, 0.5) is 0 Å². The molecule has 38 heavy (non-hydrogen) atoms. The van der Waals surface area contributed by atoms with Gasteiger partial charge < -0.3 is 4.74 Å². The van der Waals surface area contributed by atoms with Gasteiger partial charge in [0.15, 0.2) is 5.76 Å². The van der Waals surface area contributed by atoms with Gasteiger partial charge in [0.25, 0.3) is 0 Å². The predicted molar refractivity (Wildman–Crippen MR) is 156 cm³/mol. The molecule has 210 valence electrons. The monoisotopic (exact) mass is 540 g/mol. The first kappa shape index (κ1) is 29.4. The average molecular weight is 541 g/mol. The number of Topliss-reactive ketones (excluding diaryl/α,β-unsaturated/α-hetero) is 2. The zero-order valence-corrected chi connectivity index (χ0v) is 25.6. The highest BCUT2D eigenvalue weighted by atomic mass is 35.5. The Hall–Kier alpha value is -1.61. The van der Waals surface area contributed by atoms with Crippen LogP contribution in [0.3, 0.4) is 0 Å². The minimum absolute atomic E-state index is 0.0454. The Balaban J connectivity index is 1.80. The van der Waals surface area contributed by atoms with Crippen molar-refractivity contribution in [2.75, 3.05) is 0 Å². The summed E-state index contributed by atoms with van der Waals surface area (Å²) in [4.78, 5) is 26.8. The van der Waals surface area contributed by atoms with Crippen molar-refractivity contribution in [1.82, 2.24) is 0 Å². The van der Waals surface area contributed by atoms with Crippen LogP contribution in [0.2, 0.25) is 0 Å². The molecule has 0 saturated heterocycles. The first-order valence-electron chi connectivity index (χ1n) is 15.1. The minimum Gasteiger partial charge on any atom is -0.484 e. The van der Waals surface area contributed by atoms with Crippen LogP contribution in [0.25, 0.3) is 0 Å². The molecule has 2 saturated carbocycles. The van der Waals surface area contributed by atoms with E-state index in [9.17, 15) is 9.59 Å². The molecular weight excluding hydrogens is 492 g/mol. The summed E-state index contributed by atoms with van der Waals surface area (Å²) in [5.41, 5.74) is 0.605. The number of hydrogen-bond acceptors (Lipinski definition) is 3. The van der Waals surface area contributed by atoms with Crippen molar-refractivity contribution in [1.29, 1.82) is 0 Å². The number of benzene rings is 1. The van der Waals surface area contributed by atoms with E-state index in [0.29, 0.717) is 58.5 Å². The molecule has 0 N–H and O–H groups in total. The summed E-state index contributed by atoms with van der Waals surface area (Å²) in [7, 11) is 0. The van der Waals surface area contributed by atoms with Crippen LogP contribution in [0.5, 0.6) is 0 Å². The van der Waals surface area contributed by atoms with E-state index in [1.165, 1.54) is 38.5 Å². The Bertz CT molecular complexity index is 1040. The van der Waals surface area contributed by atoms with Gasteiger partial charge in [-0.05, 0) is 80.0 Å². The summed E-state index contributed by atoms with van der Waals surface area (Å²) in [6.45, 7) is 18.9. The largest absolute Gasteiger partial charge is 0.484 e. The van der Waals surface area contributed by atoms with Gasteiger partial charge in [0.2, 0.25) is 11.6 Å². The fraction of sp³-hybridized carbons (Fsp3) is 0.706. The quantitative estimate of drug-likeness (QED) is 0.346. The van der Waals surface area contributed by atoms with Crippen molar-refractivity contribution in [3.63, 3.8) is 0 Å². The predicted octanol–water partition coefficient (Wildman–Crippen LogP) is 9.34. The Morgan fingerprint density at radius 3 is 1.68 bits per heavy atom. The third kappa shape index (κ3) is 5.26. The van der Waals surface area contributed by atoms with Crippen molar-refractivity contribution in [3.8, 4) is 0 Å². The number of allylic oxidation sites excluding steroid dienone is 2. The fourth-order valence-corrected chi connectivity index (χ4v) is 8.68. The molecule has 3 aliphatic carbocycles. The van der Waals surface area contributed by atoms with Crippen LogP contribution in [-0.2, 0) is 4.74 Å². The highest BCUT2D eigenvalue weighted by Crippen LogP contribution is 2.59. The normalized spacial score (nSPS) is 32.8. The number of ketones is 2. The lowest BCUT2D eigenvalue weighted by Crippen LogP contribution is -2.54. The van der Waals surface area contributed by atoms with Gasteiger partial charge >= 0.3 is 0 Å². The molecule has 0 aromatic heterocycles. The lowest BCUT2D eigenvalue weighted by atomic mass is 9.49. The van der Waals surface area contributed by atoms with E-state index in [1.54, 1.807) is 24.3 Å². The van der Waals surface area contributed by atoms with Gasteiger partial charge in [-0.25, -0.2) is 0 Å². The second kappa shape index (κ2) is 11.5. The molecule has 0 spiro atoms. The SMILES string of the molecule is CC1CCC(C(C)C)C(C(C)(C(C)OC2=C(Cl)C(=O)c3ccccc3C2=O)C2CC(C)CCC2C(C)C)C1. The Morgan fingerprint density at radius 2 is 1.24 bits per heavy atom. The van der Waals surface area contributed by atoms with E-state index in [0.717, 1.165) is 0 Å². The molecular formula is C34H49ClO3. The van der Waals surface area contributed by atoms with Crippen molar-refractivity contribution < 1.29 is 14.3 Å². The molecule has 3 aliphatic rings. The summed E-state index contributed by atoms with van der Waals surface area (Å²) in [6, 6.07) is 6.95. The van der Waals surface area contributed by atoms with Gasteiger partial charge in [-0.2, -0.15) is 0 Å². The number of hydrogen-bond donors (Lipinski definition) is 0. The standard InChI is InChI=1S/C34H49ClO3/c1-19(2)24-15-13-21(5)17-28(24)34(8,29-18-22(6)14-16-25(29)20(3)4)23(7)38-33-30(35)31(36)26-11-9-10-12-27(26)32(33)37/h9-12,19-25,28-29H,13-18H2,1-8H3. The smallest absolute Gasteiger partial charge is 0.230 e. The number of fused-ring (bicyclic) bond motifs is 1. The molecule has 3 nitrogen and oxygen atoms in total. The zero-order chi connectivity index (χ0) is 27.9. The van der Waals surface area contributed by atoms with Crippen LogP contribution in [0, 0.1) is 52.8 Å². The first-order valence-corrected chi connectivity index (χ1v) is 15.5. The number of carbonyl (C=O) groups is 2. The summed E-state index contributed by atoms with van der Waals surface area (Å²) in [5, 5.41) is -0.0715. The number of halogens is 1. The fourth-order valence-electron chi connectivity index (χ4n) is 8.44. The number of rotatable bonds is 7. The summed E-state index contributed by atoms with van der Waals surface area (Å²) in [5.74, 6) is 4.18. The molecule has 7 atom stereocenters. The molecule has 4 rings (SSSR count). The summed E-state index contributed by atoms with van der Waals surface area (Å²) >= 11 is 6.61. The van der Waals surface area contributed by atoms with Gasteiger partial charge in [0.1, 0.15) is 11.1 Å². The van der Waals surface area contributed by atoms with Gasteiger partial charge in [-0.3, -0.25) is 9.59 Å². The Kier molecular flexibility index (Phi) is 8.87. The molecule has 0 bridgehead atoms. The third-order valence-corrected chi connectivity index (χ3v) is 11.2. The maximum absolute atomic E-state index is 13.6. The van der Waals surface area contributed by atoms with E-state index in [2.05, 4.69) is 55.4 Å². The van der Waals surface area contributed by atoms with Crippen molar-refractivity contribution in [2.24, 2.45) is 52.8 Å². The van der Waals surface area contributed by atoms with Gasteiger partial charge in [-0.1, -0.05) is 97.2 Å². The van der Waals surface area contributed by atoms with Crippen molar-refractivity contribution in [3.05, 3.63) is 46.2 Å². The molecule has 0 aliphatic heterocycles. The molecule has 0 heterocycles. The van der Waals surface area contributed by atoms with E-state index < -0.39 is 0 Å². The Morgan fingerprint density at radius 1 is 0.789 bits per heavy atom. The van der Waals surface area contributed by atoms with Crippen molar-refractivity contribution in [2.45, 2.75) is 100 Å². The van der Waals surface area contributed by atoms with Crippen LogP contribution in [0.1, 0.15) is 115 Å². The maximum atomic E-state index is 13.6. The summed E-state index contributed by atoms with van der Waals surface area (Å²) < 4.78 is 6.72. The minimum atomic E-state index is -0.316. The number of ether oxygens (including phenoxy) is 1. The van der Waals surface area contributed by atoms with Crippen LogP contribution in [-0.4, -0.2) is 17.7 Å². The highest BCUT2D eigenvalue weighted by molar-refractivity contribution is 6.49. The second-order valence-corrected chi connectivity index (χ2v) is 14.2. The molecule has 0 radical (unpaired) electrons. The van der Waals surface area contributed by atoms with E-state index in [1.807, 2.05) is 0 Å². The maximum Gasteiger partial charge on any atom is 0.230 e. The molecule has 0 amide bonds. The summed E-state index contributed by atoms with van der Waals surface area (Å²) in [6.07, 6.45) is 7.17. The van der Waals surface area contributed by atoms with Crippen LogP contribution in [0.15, 0.2) is 35.1 Å². The highest BCUT2D eigenvalue weighted by Gasteiger charge is 2.55. The molecule has 1 aromatic carbocycles. The second-order valence-electron chi connectivity index (χ2n) is 13.8.